The quantitative estimate of drug-likeness (QED) is 0.870. The minimum atomic E-state index is -3.91. The molecular weight excluding hydrogens is 331 g/mol. The molecule has 0 aliphatic carbocycles. The molecule has 128 valence electrons. The van der Waals surface area contributed by atoms with E-state index in [1.807, 2.05) is 0 Å². The van der Waals surface area contributed by atoms with Crippen molar-refractivity contribution in [1.82, 2.24) is 4.72 Å². The molecular formula is C17H19FN2O3S. The lowest BCUT2D eigenvalue weighted by atomic mass is 9.95. The second-order valence-corrected chi connectivity index (χ2v) is 7.60. The van der Waals surface area contributed by atoms with E-state index in [4.69, 9.17) is 0 Å². The fraction of sp³-hybridized carbons (Fsp3) is 0.235. The predicted molar refractivity (Wildman–Crippen MR) is 90.5 cm³/mol. The van der Waals surface area contributed by atoms with E-state index in [-0.39, 0.29) is 16.4 Å². The standard InChI is InChI=1S/C17H19FN2O3S/c1-12(21)19-13-7-6-8-14(11-13)24(22,23)20-17(2,3)15-9-4-5-10-16(15)18/h4-11,20H,1-3H3,(H,19,21). The number of benzene rings is 2. The van der Waals surface area contributed by atoms with Crippen molar-refractivity contribution in [1.29, 1.82) is 0 Å². The van der Waals surface area contributed by atoms with Gasteiger partial charge in [-0.2, -0.15) is 0 Å². The van der Waals surface area contributed by atoms with E-state index < -0.39 is 21.4 Å². The molecule has 0 aromatic heterocycles. The van der Waals surface area contributed by atoms with Crippen LogP contribution in [0.25, 0.3) is 0 Å². The number of hydrogen-bond acceptors (Lipinski definition) is 3. The minimum absolute atomic E-state index is 0.0156. The van der Waals surface area contributed by atoms with Crippen LogP contribution in [0, 0.1) is 5.82 Å². The molecule has 0 radical (unpaired) electrons. The van der Waals surface area contributed by atoms with Crippen molar-refractivity contribution in [3.63, 3.8) is 0 Å². The van der Waals surface area contributed by atoms with Gasteiger partial charge in [0.1, 0.15) is 5.82 Å². The van der Waals surface area contributed by atoms with E-state index in [1.165, 1.54) is 37.3 Å². The lowest BCUT2D eigenvalue weighted by Gasteiger charge is -2.27. The Kier molecular flexibility index (Phi) is 5.05. The average Bonchev–Trinajstić information content (AvgIpc) is 2.46. The first-order valence-corrected chi connectivity index (χ1v) is 8.77. The van der Waals surface area contributed by atoms with Gasteiger partial charge in [-0.15, -0.1) is 0 Å². The molecule has 0 bridgehead atoms. The predicted octanol–water partition coefficient (Wildman–Crippen LogP) is 3.00. The van der Waals surface area contributed by atoms with Crippen LogP contribution in [-0.4, -0.2) is 14.3 Å². The molecule has 0 saturated heterocycles. The smallest absolute Gasteiger partial charge is 0.241 e. The van der Waals surface area contributed by atoms with Crippen molar-refractivity contribution >= 4 is 21.6 Å². The Morgan fingerprint density at radius 2 is 1.75 bits per heavy atom. The SMILES string of the molecule is CC(=O)Nc1cccc(S(=O)(=O)NC(C)(C)c2ccccc2F)c1. The number of amides is 1. The third-order valence-corrected chi connectivity index (χ3v) is 5.06. The lowest BCUT2D eigenvalue weighted by molar-refractivity contribution is -0.114. The molecule has 2 N–H and O–H groups in total. The second-order valence-electron chi connectivity index (χ2n) is 5.92. The molecule has 0 spiro atoms. The summed E-state index contributed by atoms with van der Waals surface area (Å²) in [5, 5.41) is 2.53. The molecule has 1 amide bonds. The number of carbonyl (C=O) groups is 1. The van der Waals surface area contributed by atoms with Gasteiger partial charge in [-0.1, -0.05) is 24.3 Å². The number of halogens is 1. The normalized spacial score (nSPS) is 12.0. The van der Waals surface area contributed by atoms with Gasteiger partial charge in [0, 0.05) is 18.2 Å². The Morgan fingerprint density at radius 1 is 1.08 bits per heavy atom. The van der Waals surface area contributed by atoms with E-state index in [1.54, 1.807) is 32.0 Å². The monoisotopic (exact) mass is 350 g/mol. The summed E-state index contributed by atoms with van der Waals surface area (Å²) >= 11 is 0. The van der Waals surface area contributed by atoms with E-state index >= 15 is 0 Å². The first kappa shape index (κ1) is 18.1. The number of anilines is 1. The average molecular weight is 350 g/mol. The van der Waals surface area contributed by atoms with E-state index in [9.17, 15) is 17.6 Å². The van der Waals surface area contributed by atoms with Crippen molar-refractivity contribution in [2.24, 2.45) is 0 Å². The van der Waals surface area contributed by atoms with Crippen LogP contribution < -0.4 is 10.0 Å². The highest BCUT2D eigenvalue weighted by atomic mass is 32.2. The summed E-state index contributed by atoms with van der Waals surface area (Å²) in [5.41, 5.74) is -0.533. The maximum Gasteiger partial charge on any atom is 0.241 e. The zero-order valence-corrected chi connectivity index (χ0v) is 14.4. The Bertz CT molecular complexity index is 864. The Hall–Kier alpha value is -2.25. The fourth-order valence-electron chi connectivity index (χ4n) is 2.36. The molecule has 0 aliphatic rings. The molecule has 2 rings (SSSR count). The third kappa shape index (κ3) is 4.18. The van der Waals surface area contributed by atoms with Gasteiger partial charge in [0.05, 0.1) is 10.4 Å². The summed E-state index contributed by atoms with van der Waals surface area (Å²) < 4.78 is 41.7. The highest BCUT2D eigenvalue weighted by Gasteiger charge is 2.30. The summed E-state index contributed by atoms with van der Waals surface area (Å²) in [6.07, 6.45) is 0. The van der Waals surface area contributed by atoms with E-state index in [0.717, 1.165) is 0 Å². The Balaban J connectivity index is 2.34. The minimum Gasteiger partial charge on any atom is -0.326 e. The van der Waals surface area contributed by atoms with Crippen LogP contribution in [0.5, 0.6) is 0 Å². The summed E-state index contributed by atoms with van der Waals surface area (Å²) in [6, 6.07) is 11.9. The van der Waals surface area contributed by atoms with E-state index in [2.05, 4.69) is 10.0 Å². The van der Waals surface area contributed by atoms with Crippen molar-refractivity contribution in [3.05, 3.63) is 59.9 Å². The van der Waals surface area contributed by atoms with Gasteiger partial charge >= 0.3 is 0 Å². The largest absolute Gasteiger partial charge is 0.326 e. The summed E-state index contributed by atoms with van der Waals surface area (Å²) in [4.78, 5) is 11.1. The summed E-state index contributed by atoms with van der Waals surface area (Å²) in [6.45, 7) is 4.50. The molecule has 7 heteroatoms. The van der Waals surface area contributed by atoms with Crippen LogP contribution in [0.3, 0.4) is 0 Å². The van der Waals surface area contributed by atoms with Gasteiger partial charge in [0.25, 0.3) is 0 Å². The van der Waals surface area contributed by atoms with Crippen molar-refractivity contribution in [2.45, 2.75) is 31.2 Å². The Labute approximate surface area is 141 Å². The van der Waals surface area contributed by atoms with Gasteiger partial charge in [-0.25, -0.2) is 17.5 Å². The molecule has 0 saturated carbocycles. The number of sulfonamides is 1. The number of rotatable bonds is 5. The zero-order chi connectivity index (χ0) is 18.0. The Morgan fingerprint density at radius 3 is 2.38 bits per heavy atom. The molecule has 0 atom stereocenters. The lowest BCUT2D eigenvalue weighted by Crippen LogP contribution is -2.41. The fourth-order valence-corrected chi connectivity index (χ4v) is 3.80. The van der Waals surface area contributed by atoms with Crippen molar-refractivity contribution < 1.29 is 17.6 Å². The van der Waals surface area contributed by atoms with Crippen LogP contribution in [0.15, 0.2) is 53.4 Å². The summed E-state index contributed by atoms with van der Waals surface area (Å²) in [5.74, 6) is -0.790. The summed E-state index contributed by atoms with van der Waals surface area (Å²) in [7, 11) is -3.91. The van der Waals surface area contributed by atoms with Gasteiger partial charge < -0.3 is 5.32 Å². The van der Waals surface area contributed by atoms with Gasteiger partial charge in [0.15, 0.2) is 0 Å². The van der Waals surface area contributed by atoms with Crippen LogP contribution >= 0.6 is 0 Å². The molecule has 0 aliphatic heterocycles. The van der Waals surface area contributed by atoms with Crippen molar-refractivity contribution in [2.75, 3.05) is 5.32 Å². The highest BCUT2D eigenvalue weighted by molar-refractivity contribution is 7.89. The zero-order valence-electron chi connectivity index (χ0n) is 13.6. The molecule has 5 nitrogen and oxygen atoms in total. The maximum absolute atomic E-state index is 14.0. The van der Waals surface area contributed by atoms with E-state index in [0.29, 0.717) is 5.69 Å². The highest BCUT2D eigenvalue weighted by Crippen LogP contribution is 2.26. The first-order chi connectivity index (χ1) is 11.1. The molecule has 0 fully saturated rings. The first-order valence-electron chi connectivity index (χ1n) is 7.28. The third-order valence-electron chi connectivity index (χ3n) is 3.40. The van der Waals surface area contributed by atoms with Crippen LogP contribution in [0.1, 0.15) is 26.3 Å². The van der Waals surface area contributed by atoms with Gasteiger partial charge in [0.2, 0.25) is 15.9 Å². The van der Waals surface area contributed by atoms with Gasteiger partial charge in [-0.05, 0) is 38.1 Å². The van der Waals surface area contributed by atoms with Gasteiger partial charge in [-0.3, -0.25) is 4.79 Å². The number of hydrogen-bond donors (Lipinski definition) is 2. The van der Waals surface area contributed by atoms with Crippen LogP contribution in [-0.2, 0) is 20.4 Å². The molecule has 0 heterocycles. The van der Waals surface area contributed by atoms with Crippen LogP contribution in [0.4, 0.5) is 10.1 Å². The second kappa shape index (κ2) is 6.70. The molecule has 0 unspecified atom stereocenters. The van der Waals surface area contributed by atoms with Crippen molar-refractivity contribution in [3.8, 4) is 0 Å². The number of carbonyl (C=O) groups excluding carboxylic acids is 1. The maximum atomic E-state index is 14.0. The molecule has 24 heavy (non-hydrogen) atoms. The number of nitrogens with one attached hydrogen (secondary N) is 2. The topological polar surface area (TPSA) is 75.3 Å². The molecule has 2 aromatic rings. The van der Waals surface area contributed by atoms with Crippen LogP contribution in [0.2, 0.25) is 0 Å². The molecule has 2 aromatic carbocycles.